The Kier molecular flexibility index (Phi) is 5.49. The molecule has 0 radical (unpaired) electrons. The molecule has 4 nitrogen and oxygen atoms in total. The largest absolute Gasteiger partial charge is 0.385 e. The van der Waals surface area contributed by atoms with E-state index in [2.05, 4.69) is 28.7 Å². The van der Waals surface area contributed by atoms with Gasteiger partial charge in [0.1, 0.15) is 0 Å². The summed E-state index contributed by atoms with van der Waals surface area (Å²) in [4.78, 5) is 4.29. The second-order valence-electron chi connectivity index (χ2n) is 4.27. The quantitative estimate of drug-likeness (QED) is 0.715. The molecule has 1 heterocycles. The Hall–Kier alpha value is -0.870. The van der Waals surface area contributed by atoms with Crippen molar-refractivity contribution in [3.05, 3.63) is 17.7 Å². The van der Waals surface area contributed by atoms with Gasteiger partial charge in [0, 0.05) is 32.0 Å². The number of imidazole rings is 1. The molecule has 0 spiro atoms. The van der Waals surface area contributed by atoms with Crippen molar-refractivity contribution in [3.8, 4) is 0 Å². The van der Waals surface area contributed by atoms with Crippen molar-refractivity contribution in [2.45, 2.75) is 39.8 Å². The molecule has 0 aliphatic carbocycles. The molecule has 0 amide bonds. The molecule has 1 atom stereocenters. The van der Waals surface area contributed by atoms with Gasteiger partial charge >= 0.3 is 0 Å². The molecule has 0 aliphatic rings. The van der Waals surface area contributed by atoms with E-state index < -0.39 is 0 Å². The molecular formula is C12H23N3O. The molecule has 4 heteroatoms. The first kappa shape index (κ1) is 13.2. The fourth-order valence-electron chi connectivity index (χ4n) is 1.65. The zero-order valence-corrected chi connectivity index (χ0v) is 10.8. The standard InChI is InChI=1S/C12H23N3O/c1-10(13-6-5-7-16-4)8-15-9-14-11(2)12(15)3/h9-10,13H,5-8H2,1-4H3. The summed E-state index contributed by atoms with van der Waals surface area (Å²) in [6, 6.07) is 0.462. The van der Waals surface area contributed by atoms with Crippen LogP contribution < -0.4 is 5.32 Å². The van der Waals surface area contributed by atoms with Gasteiger partial charge in [-0.15, -0.1) is 0 Å². The minimum atomic E-state index is 0.462. The first-order chi connectivity index (χ1) is 7.65. The number of methoxy groups -OCH3 is 1. The summed E-state index contributed by atoms with van der Waals surface area (Å²) in [5, 5.41) is 3.47. The van der Waals surface area contributed by atoms with Crippen LogP contribution in [0.4, 0.5) is 0 Å². The fourth-order valence-corrected chi connectivity index (χ4v) is 1.65. The van der Waals surface area contributed by atoms with Gasteiger partial charge in [-0.3, -0.25) is 0 Å². The number of ether oxygens (including phenoxy) is 1. The Morgan fingerprint density at radius 2 is 2.25 bits per heavy atom. The normalized spacial score (nSPS) is 13.0. The van der Waals surface area contributed by atoms with Gasteiger partial charge in [-0.1, -0.05) is 0 Å². The molecule has 0 bridgehead atoms. The van der Waals surface area contributed by atoms with Crippen LogP contribution in [-0.2, 0) is 11.3 Å². The van der Waals surface area contributed by atoms with Crippen LogP contribution >= 0.6 is 0 Å². The van der Waals surface area contributed by atoms with E-state index in [0.29, 0.717) is 6.04 Å². The summed E-state index contributed by atoms with van der Waals surface area (Å²) in [5.41, 5.74) is 2.37. The molecule has 0 saturated carbocycles. The molecule has 92 valence electrons. The molecule has 0 fully saturated rings. The molecule has 16 heavy (non-hydrogen) atoms. The summed E-state index contributed by atoms with van der Waals surface area (Å²) in [6.45, 7) is 9.15. The smallest absolute Gasteiger partial charge is 0.0951 e. The third kappa shape index (κ3) is 3.94. The summed E-state index contributed by atoms with van der Waals surface area (Å²) >= 11 is 0. The maximum absolute atomic E-state index is 5.01. The highest BCUT2D eigenvalue weighted by molar-refractivity contribution is 5.08. The van der Waals surface area contributed by atoms with Crippen LogP contribution in [0.25, 0.3) is 0 Å². The van der Waals surface area contributed by atoms with Crippen LogP contribution in [0.2, 0.25) is 0 Å². The number of hydrogen-bond acceptors (Lipinski definition) is 3. The highest BCUT2D eigenvalue weighted by atomic mass is 16.5. The van der Waals surface area contributed by atoms with Crippen LogP contribution in [0.1, 0.15) is 24.7 Å². The molecule has 1 rings (SSSR count). The van der Waals surface area contributed by atoms with Crippen LogP contribution in [0.5, 0.6) is 0 Å². The van der Waals surface area contributed by atoms with E-state index in [0.717, 1.165) is 31.8 Å². The van der Waals surface area contributed by atoms with E-state index >= 15 is 0 Å². The maximum atomic E-state index is 5.01. The van der Waals surface area contributed by atoms with Crippen molar-refractivity contribution in [2.24, 2.45) is 0 Å². The minimum absolute atomic E-state index is 0.462. The Morgan fingerprint density at radius 3 is 2.81 bits per heavy atom. The summed E-state index contributed by atoms with van der Waals surface area (Å²) in [6.07, 6.45) is 2.97. The van der Waals surface area contributed by atoms with Crippen molar-refractivity contribution >= 4 is 0 Å². The van der Waals surface area contributed by atoms with Crippen molar-refractivity contribution in [1.29, 1.82) is 0 Å². The lowest BCUT2D eigenvalue weighted by atomic mass is 10.3. The lowest BCUT2D eigenvalue weighted by molar-refractivity contribution is 0.193. The van der Waals surface area contributed by atoms with Gasteiger partial charge in [-0.05, 0) is 33.7 Å². The first-order valence-corrected chi connectivity index (χ1v) is 5.85. The van der Waals surface area contributed by atoms with Gasteiger partial charge in [0.05, 0.1) is 12.0 Å². The lowest BCUT2D eigenvalue weighted by Crippen LogP contribution is -2.31. The number of aryl methyl sites for hydroxylation is 1. The summed E-state index contributed by atoms with van der Waals surface area (Å²) in [7, 11) is 1.74. The monoisotopic (exact) mass is 225 g/mol. The zero-order valence-electron chi connectivity index (χ0n) is 10.8. The molecule has 0 aromatic carbocycles. The van der Waals surface area contributed by atoms with E-state index in [1.165, 1.54) is 5.69 Å². The van der Waals surface area contributed by atoms with Gasteiger partial charge in [-0.25, -0.2) is 4.98 Å². The zero-order chi connectivity index (χ0) is 12.0. The summed E-state index contributed by atoms with van der Waals surface area (Å²) < 4.78 is 7.21. The van der Waals surface area contributed by atoms with Gasteiger partial charge in [-0.2, -0.15) is 0 Å². The minimum Gasteiger partial charge on any atom is -0.385 e. The number of nitrogens with one attached hydrogen (secondary N) is 1. The predicted octanol–water partition coefficient (Wildman–Crippen LogP) is 1.51. The van der Waals surface area contributed by atoms with Crippen molar-refractivity contribution in [2.75, 3.05) is 20.3 Å². The van der Waals surface area contributed by atoms with Crippen molar-refractivity contribution < 1.29 is 4.74 Å². The van der Waals surface area contributed by atoms with Crippen molar-refractivity contribution in [1.82, 2.24) is 14.9 Å². The highest BCUT2D eigenvalue weighted by Gasteiger charge is 2.06. The SMILES string of the molecule is COCCCNC(C)Cn1cnc(C)c1C. The predicted molar refractivity (Wildman–Crippen MR) is 65.7 cm³/mol. The van der Waals surface area contributed by atoms with Crippen LogP contribution in [0.15, 0.2) is 6.33 Å². The number of aromatic nitrogens is 2. The molecule has 1 N–H and O–H groups in total. The molecule has 1 unspecified atom stereocenters. The maximum Gasteiger partial charge on any atom is 0.0951 e. The van der Waals surface area contributed by atoms with E-state index in [9.17, 15) is 0 Å². The Bertz CT molecular complexity index is 309. The van der Waals surface area contributed by atoms with Gasteiger partial charge in [0.25, 0.3) is 0 Å². The second-order valence-corrected chi connectivity index (χ2v) is 4.27. The first-order valence-electron chi connectivity index (χ1n) is 5.85. The van der Waals surface area contributed by atoms with E-state index in [-0.39, 0.29) is 0 Å². The highest BCUT2D eigenvalue weighted by Crippen LogP contribution is 2.04. The molecule has 1 aromatic heterocycles. The molecule has 1 aromatic rings. The van der Waals surface area contributed by atoms with E-state index in [4.69, 9.17) is 4.74 Å². The summed E-state index contributed by atoms with van der Waals surface area (Å²) in [5.74, 6) is 0. The van der Waals surface area contributed by atoms with E-state index in [1.54, 1.807) is 7.11 Å². The average Bonchev–Trinajstić information content (AvgIpc) is 2.56. The van der Waals surface area contributed by atoms with Crippen molar-refractivity contribution in [3.63, 3.8) is 0 Å². The third-order valence-electron chi connectivity index (χ3n) is 2.83. The van der Waals surface area contributed by atoms with Crippen LogP contribution in [0.3, 0.4) is 0 Å². The number of hydrogen-bond donors (Lipinski definition) is 1. The average molecular weight is 225 g/mol. The lowest BCUT2D eigenvalue weighted by Gasteiger charge is -2.15. The van der Waals surface area contributed by atoms with Gasteiger partial charge in [0.15, 0.2) is 0 Å². The Balaban J connectivity index is 2.28. The molecule has 0 saturated heterocycles. The topological polar surface area (TPSA) is 39.1 Å². The van der Waals surface area contributed by atoms with Crippen LogP contribution in [0, 0.1) is 13.8 Å². The van der Waals surface area contributed by atoms with Gasteiger partial charge in [0.2, 0.25) is 0 Å². The Morgan fingerprint density at radius 1 is 1.50 bits per heavy atom. The molecular weight excluding hydrogens is 202 g/mol. The number of nitrogens with zero attached hydrogens (tertiary/aromatic N) is 2. The third-order valence-corrected chi connectivity index (χ3v) is 2.83. The number of rotatable bonds is 7. The van der Waals surface area contributed by atoms with Gasteiger partial charge < -0.3 is 14.6 Å². The second kappa shape index (κ2) is 6.66. The Labute approximate surface area is 98.0 Å². The van der Waals surface area contributed by atoms with Crippen LogP contribution in [-0.4, -0.2) is 35.9 Å². The fraction of sp³-hybridized carbons (Fsp3) is 0.750. The van der Waals surface area contributed by atoms with E-state index in [1.807, 2.05) is 13.3 Å². The molecule has 0 aliphatic heterocycles.